The van der Waals surface area contributed by atoms with Gasteiger partial charge in [0.1, 0.15) is 0 Å². The fourth-order valence-electron chi connectivity index (χ4n) is 3.56. The number of unbranched alkanes of at least 4 members (excludes halogenated alkanes) is 1. The van der Waals surface area contributed by atoms with Gasteiger partial charge in [0, 0.05) is 0 Å². The fraction of sp³-hybridized carbons (Fsp3) is 0.929. The Labute approximate surface area is 109 Å². The van der Waals surface area contributed by atoms with Crippen molar-refractivity contribution in [3.63, 3.8) is 0 Å². The van der Waals surface area contributed by atoms with Gasteiger partial charge in [-0.2, -0.15) is 11.8 Å². The summed E-state index contributed by atoms with van der Waals surface area (Å²) >= 11 is 1.71. The molecule has 2 aliphatic rings. The molecular weight excluding hydrogens is 232 g/mol. The molecule has 17 heavy (non-hydrogen) atoms. The Morgan fingerprint density at radius 3 is 2.82 bits per heavy atom. The number of fused-ring (bicyclic) bond motifs is 2. The summed E-state index contributed by atoms with van der Waals surface area (Å²) in [6.45, 7) is 0. The molecule has 2 saturated carbocycles. The van der Waals surface area contributed by atoms with Crippen LogP contribution in [0.15, 0.2) is 0 Å². The van der Waals surface area contributed by atoms with Crippen LogP contribution in [0.1, 0.15) is 44.9 Å². The van der Waals surface area contributed by atoms with E-state index in [2.05, 4.69) is 4.74 Å². The molecular formula is C14H24O2S. The lowest BCUT2D eigenvalue weighted by Crippen LogP contribution is -2.10. The highest BCUT2D eigenvalue weighted by Crippen LogP contribution is 2.49. The van der Waals surface area contributed by atoms with Crippen LogP contribution >= 0.6 is 11.8 Å². The highest BCUT2D eigenvalue weighted by Gasteiger charge is 2.38. The molecule has 0 aromatic carbocycles. The summed E-state index contributed by atoms with van der Waals surface area (Å²) in [4.78, 5) is 10.9. The van der Waals surface area contributed by atoms with Crippen LogP contribution in [0.4, 0.5) is 0 Å². The molecule has 3 atom stereocenters. The van der Waals surface area contributed by atoms with Crippen molar-refractivity contribution in [3.8, 4) is 0 Å². The fourth-order valence-corrected chi connectivity index (χ4v) is 4.39. The number of ether oxygens (including phenoxy) is 1. The molecule has 2 rings (SSSR count). The SMILES string of the molecule is COC(=O)CSCCCCC1CC2CCC1C2. The van der Waals surface area contributed by atoms with Crippen molar-refractivity contribution >= 4 is 17.7 Å². The molecule has 0 N–H and O–H groups in total. The van der Waals surface area contributed by atoms with Crippen LogP contribution in [0.5, 0.6) is 0 Å². The van der Waals surface area contributed by atoms with E-state index in [-0.39, 0.29) is 5.97 Å². The van der Waals surface area contributed by atoms with Crippen LogP contribution in [0.25, 0.3) is 0 Å². The first kappa shape index (κ1) is 13.3. The summed E-state index contributed by atoms with van der Waals surface area (Å²) < 4.78 is 4.61. The zero-order valence-electron chi connectivity index (χ0n) is 10.8. The summed E-state index contributed by atoms with van der Waals surface area (Å²) in [5.41, 5.74) is 0. The van der Waals surface area contributed by atoms with E-state index in [0.29, 0.717) is 5.75 Å². The lowest BCUT2D eigenvalue weighted by Gasteiger charge is -2.21. The van der Waals surface area contributed by atoms with Gasteiger partial charge in [0.25, 0.3) is 0 Å². The first-order chi connectivity index (χ1) is 8.29. The van der Waals surface area contributed by atoms with Gasteiger partial charge in [-0.1, -0.05) is 19.3 Å². The number of hydrogen-bond acceptors (Lipinski definition) is 3. The highest BCUT2D eigenvalue weighted by molar-refractivity contribution is 7.99. The normalized spacial score (nSPS) is 30.8. The lowest BCUT2D eigenvalue weighted by molar-refractivity contribution is -0.137. The molecule has 0 amide bonds. The van der Waals surface area contributed by atoms with Crippen molar-refractivity contribution in [1.82, 2.24) is 0 Å². The van der Waals surface area contributed by atoms with Crippen molar-refractivity contribution < 1.29 is 9.53 Å². The Hall–Kier alpha value is -0.180. The Morgan fingerprint density at radius 1 is 1.29 bits per heavy atom. The van der Waals surface area contributed by atoms with Gasteiger partial charge in [0.05, 0.1) is 12.9 Å². The van der Waals surface area contributed by atoms with Crippen LogP contribution in [0, 0.1) is 17.8 Å². The molecule has 0 radical (unpaired) electrons. The predicted octanol–water partition coefficient (Wildman–Crippen LogP) is 3.50. The van der Waals surface area contributed by atoms with Crippen molar-refractivity contribution in [2.75, 3.05) is 18.6 Å². The third-order valence-corrected chi connectivity index (χ3v) is 5.46. The first-order valence-corrected chi connectivity index (χ1v) is 8.09. The Kier molecular flexibility index (Phi) is 5.20. The van der Waals surface area contributed by atoms with Crippen LogP contribution in [-0.4, -0.2) is 24.6 Å². The minimum atomic E-state index is -0.0943. The second-order valence-corrected chi connectivity index (χ2v) is 6.66. The zero-order valence-corrected chi connectivity index (χ0v) is 11.6. The molecule has 0 heterocycles. The number of methoxy groups -OCH3 is 1. The van der Waals surface area contributed by atoms with E-state index in [0.717, 1.165) is 23.5 Å². The van der Waals surface area contributed by atoms with E-state index in [4.69, 9.17) is 0 Å². The smallest absolute Gasteiger partial charge is 0.315 e. The molecule has 0 aliphatic heterocycles. The van der Waals surface area contributed by atoms with Gasteiger partial charge in [-0.05, 0) is 49.2 Å². The largest absolute Gasteiger partial charge is 0.468 e. The van der Waals surface area contributed by atoms with E-state index < -0.39 is 0 Å². The van der Waals surface area contributed by atoms with Gasteiger partial charge >= 0.3 is 5.97 Å². The highest BCUT2D eigenvalue weighted by atomic mass is 32.2. The first-order valence-electron chi connectivity index (χ1n) is 6.94. The van der Waals surface area contributed by atoms with Crippen LogP contribution < -0.4 is 0 Å². The maximum absolute atomic E-state index is 10.9. The Bertz CT molecular complexity index is 255. The molecule has 3 unspecified atom stereocenters. The second-order valence-electron chi connectivity index (χ2n) is 5.56. The summed E-state index contributed by atoms with van der Waals surface area (Å²) in [7, 11) is 1.46. The number of carbonyl (C=O) groups excluding carboxylic acids is 1. The van der Waals surface area contributed by atoms with Crippen LogP contribution in [-0.2, 0) is 9.53 Å². The Morgan fingerprint density at radius 2 is 2.18 bits per heavy atom. The van der Waals surface area contributed by atoms with Gasteiger partial charge in [-0.25, -0.2) is 0 Å². The van der Waals surface area contributed by atoms with Crippen LogP contribution in [0.2, 0.25) is 0 Å². The third-order valence-electron chi connectivity index (χ3n) is 4.45. The van der Waals surface area contributed by atoms with E-state index in [9.17, 15) is 4.79 Å². The molecule has 0 saturated heterocycles. The predicted molar refractivity (Wildman–Crippen MR) is 72.1 cm³/mol. The molecule has 0 aromatic heterocycles. The summed E-state index contributed by atoms with van der Waals surface area (Å²) in [5.74, 6) is 4.73. The molecule has 2 nitrogen and oxygen atoms in total. The number of carbonyl (C=O) groups is 1. The minimum absolute atomic E-state index is 0.0943. The zero-order chi connectivity index (χ0) is 12.1. The molecule has 98 valence electrons. The topological polar surface area (TPSA) is 26.3 Å². The summed E-state index contributed by atoms with van der Waals surface area (Å²) in [6, 6.07) is 0. The average Bonchev–Trinajstić information content (AvgIpc) is 2.95. The van der Waals surface area contributed by atoms with Gasteiger partial charge in [-0.3, -0.25) is 4.79 Å². The van der Waals surface area contributed by atoms with Gasteiger partial charge < -0.3 is 4.74 Å². The van der Waals surface area contributed by atoms with Gasteiger partial charge in [0.15, 0.2) is 0 Å². The van der Waals surface area contributed by atoms with Crippen LogP contribution in [0.3, 0.4) is 0 Å². The molecule has 3 heteroatoms. The number of rotatable bonds is 7. The number of hydrogen-bond donors (Lipinski definition) is 0. The molecule has 0 aromatic rings. The minimum Gasteiger partial charge on any atom is -0.468 e. The van der Waals surface area contributed by atoms with E-state index in [1.807, 2.05) is 0 Å². The third kappa shape index (κ3) is 3.90. The molecule has 2 bridgehead atoms. The standard InChI is InChI=1S/C14H24O2S/c1-16-14(15)10-17-7-3-2-4-12-8-11-5-6-13(12)9-11/h11-13H,2-10H2,1H3. The molecule has 2 fully saturated rings. The monoisotopic (exact) mass is 256 g/mol. The maximum atomic E-state index is 10.9. The van der Waals surface area contributed by atoms with Crippen molar-refractivity contribution in [1.29, 1.82) is 0 Å². The van der Waals surface area contributed by atoms with Gasteiger partial charge in [-0.15, -0.1) is 0 Å². The number of esters is 1. The van der Waals surface area contributed by atoms with Crippen molar-refractivity contribution in [2.24, 2.45) is 17.8 Å². The summed E-state index contributed by atoms with van der Waals surface area (Å²) in [6.07, 6.45) is 10.1. The van der Waals surface area contributed by atoms with Crippen molar-refractivity contribution in [2.45, 2.75) is 44.9 Å². The van der Waals surface area contributed by atoms with E-state index in [1.165, 1.54) is 52.1 Å². The maximum Gasteiger partial charge on any atom is 0.315 e. The lowest BCUT2D eigenvalue weighted by atomic mass is 9.85. The Balaban J connectivity index is 1.45. The van der Waals surface area contributed by atoms with E-state index >= 15 is 0 Å². The number of thioether (sulfide) groups is 1. The second kappa shape index (κ2) is 6.67. The average molecular weight is 256 g/mol. The van der Waals surface area contributed by atoms with Crippen molar-refractivity contribution in [3.05, 3.63) is 0 Å². The summed E-state index contributed by atoms with van der Waals surface area (Å²) in [5, 5.41) is 0. The van der Waals surface area contributed by atoms with E-state index in [1.54, 1.807) is 11.8 Å². The quantitative estimate of drug-likeness (QED) is 0.515. The van der Waals surface area contributed by atoms with Gasteiger partial charge in [0.2, 0.25) is 0 Å². The molecule has 2 aliphatic carbocycles. The molecule has 0 spiro atoms.